The third-order valence-electron chi connectivity index (χ3n) is 7.96. The number of nitrogens with zero attached hydrogens (tertiary/aromatic N) is 2. The van der Waals surface area contributed by atoms with Crippen molar-refractivity contribution in [3.63, 3.8) is 0 Å². The molecular formula is C33H43N5O6. The molecule has 4 rings (SSSR count). The highest BCUT2D eigenvalue weighted by atomic mass is 16.6. The molecule has 3 amide bonds. The molecule has 1 saturated heterocycles. The molecular weight excluding hydrogens is 562 g/mol. The molecule has 44 heavy (non-hydrogen) atoms. The summed E-state index contributed by atoms with van der Waals surface area (Å²) in [6, 6.07) is 15.2. The number of benzene rings is 2. The average molecular weight is 606 g/mol. The van der Waals surface area contributed by atoms with Crippen molar-refractivity contribution in [3.05, 3.63) is 86.8 Å². The fourth-order valence-electron chi connectivity index (χ4n) is 5.16. The number of carbonyl (C=O) groups is 3. The third kappa shape index (κ3) is 7.89. The Morgan fingerprint density at radius 1 is 0.977 bits per heavy atom. The van der Waals surface area contributed by atoms with Gasteiger partial charge in [0.25, 0.3) is 5.56 Å². The van der Waals surface area contributed by atoms with Gasteiger partial charge in [-0.15, -0.1) is 0 Å². The van der Waals surface area contributed by atoms with Crippen LogP contribution in [-0.4, -0.2) is 77.2 Å². The lowest BCUT2D eigenvalue weighted by atomic mass is 9.90. The summed E-state index contributed by atoms with van der Waals surface area (Å²) >= 11 is 0. The highest BCUT2D eigenvalue weighted by Gasteiger charge is 2.40. The maximum Gasteiger partial charge on any atom is 0.410 e. The minimum atomic E-state index is -1.28. The molecule has 0 radical (unpaired) electrons. The Kier molecular flexibility index (Phi) is 10.5. The number of hydrogen-bond acceptors (Lipinski definition) is 6. The largest absolute Gasteiger partial charge is 0.492 e. The number of carbonyl (C=O) groups excluding carboxylic acids is 3. The predicted molar refractivity (Wildman–Crippen MR) is 167 cm³/mol. The van der Waals surface area contributed by atoms with Crippen LogP contribution in [0.4, 0.5) is 4.79 Å². The summed E-state index contributed by atoms with van der Waals surface area (Å²) in [5, 5.41) is 8.47. The van der Waals surface area contributed by atoms with Gasteiger partial charge in [0.1, 0.15) is 24.4 Å². The summed E-state index contributed by atoms with van der Waals surface area (Å²) in [5.41, 5.74) is 3.20. The van der Waals surface area contributed by atoms with Crippen LogP contribution in [-0.2, 0) is 27.4 Å². The van der Waals surface area contributed by atoms with Gasteiger partial charge in [-0.2, -0.15) is 0 Å². The molecule has 3 N–H and O–H groups in total. The van der Waals surface area contributed by atoms with E-state index in [1.54, 1.807) is 23.6 Å². The van der Waals surface area contributed by atoms with Crippen molar-refractivity contribution < 1.29 is 23.9 Å². The van der Waals surface area contributed by atoms with Crippen molar-refractivity contribution in [2.75, 3.05) is 39.3 Å². The van der Waals surface area contributed by atoms with Gasteiger partial charge in [0.05, 0.1) is 6.54 Å². The van der Waals surface area contributed by atoms with Gasteiger partial charge in [0.15, 0.2) is 0 Å². The van der Waals surface area contributed by atoms with Gasteiger partial charge < -0.3 is 29.7 Å². The summed E-state index contributed by atoms with van der Waals surface area (Å²) < 4.78 is 11.3. The smallest absolute Gasteiger partial charge is 0.410 e. The van der Waals surface area contributed by atoms with Crippen LogP contribution in [0.15, 0.2) is 53.3 Å². The van der Waals surface area contributed by atoms with Gasteiger partial charge >= 0.3 is 6.09 Å². The third-order valence-corrected chi connectivity index (χ3v) is 7.96. The van der Waals surface area contributed by atoms with Crippen LogP contribution in [0.5, 0.6) is 5.75 Å². The number of ether oxygens (including phenoxy) is 2. The van der Waals surface area contributed by atoms with Crippen molar-refractivity contribution in [2.24, 2.45) is 5.41 Å². The second-order valence-corrected chi connectivity index (χ2v) is 11.9. The number of H-pyrrole nitrogens is 2. The summed E-state index contributed by atoms with van der Waals surface area (Å²) in [6.07, 6.45) is 0.101. The van der Waals surface area contributed by atoms with Crippen LogP contribution in [0.2, 0.25) is 0 Å². The zero-order valence-corrected chi connectivity index (χ0v) is 26.2. The molecule has 0 unspecified atom stereocenters. The number of rotatable bonds is 11. The van der Waals surface area contributed by atoms with Crippen LogP contribution in [0.25, 0.3) is 0 Å². The van der Waals surface area contributed by atoms with Crippen LogP contribution in [0.1, 0.15) is 61.6 Å². The Bertz CT molecular complexity index is 1500. The van der Waals surface area contributed by atoms with Crippen molar-refractivity contribution in [1.29, 1.82) is 0 Å². The zero-order valence-electron chi connectivity index (χ0n) is 26.2. The van der Waals surface area contributed by atoms with Crippen LogP contribution in [0.3, 0.4) is 0 Å². The molecule has 0 bridgehead atoms. The molecule has 2 heterocycles. The topological polar surface area (TPSA) is 137 Å². The van der Waals surface area contributed by atoms with Crippen LogP contribution >= 0.6 is 0 Å². The van der Waals surface area contributed by atoms with Crippen LogP contribution < -0.4 is 15.6 Å². The summed E-state index contributed by atoms with van der Waals surface area (Å²) in [7, 11) is 0. The monoisotopic (exact) mass is 605 g/mol. The second-order valence-electron chi connectivity index (χ2n) is 11.9. The van der Waals surface area contributed by atoms with Gasteiger partial charge in [0.2, 0.25) is 11.8 Å². The van der Waals surface area contributed by atoms with Gasteiger partial charge in [-0.3, -0.25) is 19.5 Å². The first-order valence-electron chi connectivity index (χ1n) is 15.0. The van der Waals surface area contributed by atoms with E-state index >= 15 is 0 Å². The van der Waals surface area contributed by atoms with Crippen molar-refractivity contribution >= 4 is 17.9 Å². The summed E-state index contributed by atoms with van der Waals surface area (Å²) in [4.78, 5) is 54.1. The van der Waals surface area contributed by atoms with Crippen molar-refractivity contribution in [1.82, 2.24) is 25.3 Å². The van der Waals surface area contributed by atoms with E-state index in [0.29, 0.717) is 38.3 Å². The quantitative estimate of drug-likeness (QED) is 0.225. The van der Waals surface area contributed by atoms with E-state index in [1.807, 2.05) is 69.3 Å². The molecule has 3 aromatic rings. The Labute approximate surface area is 257 Å². The van der Waals surface area contributed by atoms with E-state index in [9.17, 15) is 19.2 Å². The number of aryl methyl sites for hydroxylation is 1. The Hall–Kier alpha value is -4.54. The molecule has 0 aliphatic carbocycles. The second kappa shape index (κ2) is 14.3. The van der Waals surface area contributed by atoms with Crippen LogP contribution in [0, 0.1) is 12.3 Å². The predicted octanol–water partition coefficient (Wildman–Crippen LogP) is 3.73. The number of nitrogens with one attached hydrogen (secondary N) is 3. The molecule has 1 aliphatic heterocycles. The minimum absolute atomic E-state index is 0.105. The summed E-state index contributed by atoms with van der Waals surface area (Å²) in [6.45, 7) is 11.2. The lowest BCUT2D eigenvalue weighted by molar-refractivity contribution is -0.149. The molecule has 0 spiro atoms. The fraction of sp³-hybridized carbons (Fsp3) is 0.455. The minimum Gasteiger partial charge on any atom is -0.492 e. The Balaban J connectivity index is 1.20. The van der Waals surface area contributed by atoms with Crippen molar-refractivity contribution in [3.8, 4) is 5.75 Å². The van der Waals surface area contributed by atoms with Crippen molar-refractivity contribution in [2.45, 2.75) is 53.6 Å². The van der Waals surface area contributed by atoms with E-state index in [2.05, 4.69) is 15.5 Å². The molecule has 1 aliphatic rings. The number of piperazine rings is 1. The fourth-order valence-corrected chi connectivity index (χ4v) is 5.16. The number of aromatic amines is 2. The van der Waals surface area contributed by atoms with E-state index < -0.39 is 11.5 Å². The van der Waals surface area contributed by atoms with Gasteiger partial charge in [-0.25, -0.2) is 4.79 Å². The SMILES string of the molecule is Cc1cc(OCCNC(=O)C(C)(C)C(=O)N2CCN(C(=O)OCc3ccccc3)CC2)ccc1Cc1c(C(C)C)[nH][nH]c1=O. The highest BCUT2D eigenvalue weighted by Crippen LogP contribution is 2.23. The normalized spacial score (nSPS) is 13.6. The Morgan fingerprint density at radius 2 is 1.66 bits per heavy atom. The van der Waals surface area contributed by atoms with Gasteiger partial charge in [-0.1, -0.05) is 50.2 Å². The van der Waals surface area contributed by atoms with E-state index in [4.69, 9.17) is 9.47 Å². The number of amides is 3. The van der Waals surface area contributed by atoms with E-state index in [0.717, 1.165) is 27.9 Å². The molecule has 2 aromatic carbocycles. The molecule has 1 aromatic heterocycles. The maximum absolute atomic E-state index is 13.2. The average Bonchev–Trinajstić information content (AvgIpc) is 3.39. The summed E-state index contributed by atoms with van der Waals surface area (Å²) in [5.74, 6) is 0.179. The highest BCUT2D eigenvalue weighted by molar-refractivity contribution is 6.04. The first-order chi connectivity index (χ1) is 21.0. The lowest BCUT2D eigenvalue weighted by Crippen LogP contribution is -2.56. The molecule has 1 fully saturated rings. The lowest BCUT2D eigenvalue weighted by Gasteiger charge is -2.37. The maximum atomic E-state index is 13.2. The number of hydrogen-bond donors (Lipinski definition) is 3. The van der Waals surface area contributed by atoms with E-state index in [-0.39, 0.29) is 43.1 Å². The molecule has 0 atom stereocenters. The zero-order chi connectivity index (χ0) is 31.9. The standard InChI is InChI=1S/C33H43N5O6/c1-22(2)28-27(29(39)36-35-28)20-25-11-12-26(19-23(25)3)43-18-13-34-30(40)33(4,5)31(41)37-14-16-38(17-15-37)32(42)44-21-24-9-7-6-8-10-24/h6-12,19,22H,13-18,20-21H2,1-5H3,(H,34,40)(H2,35,36,39). The Morgan fingerprint density at radius 3 is 2.32 bits per heavy atom. The first-order valence-corrected chi connectivity index (χ1v) is 15.0. The molecule has 236 valence electrons. The number of aromatic nitrogens is 2. The van der Waals surface area contributed by atoms with Gasteiger partial charge in [0, 0.05) is 43.9 Å². The molecule has 0 saturated carbocycles. The first kappa shape index (κ1) is 32.4. The van der Waals surface area contributed by atoms with E-state index in [1.165, 1.54) is 0 Å². The molecule has 11 nitrogen and oxygen atoms in total. The van der Waals surface area contributed by atoms with Gasteiger partial charge in [-0.05, 0) is 55.5 Å². The molecule has 11 heteroatoms.